The molecule has 13 heteroatoms. The minimum Gasteiger partial charge on any atom is -0.465 e. The summed E-state index contributed by atoms with van der Waals surface area (Å²) >= 11 is 0. The Hall–Kier alpha value is -4.03. The highest BCUT2D eigenvalue weighted by Gasteiger charge is 2.51. The highest BCUT2D eigenvalue weighted by atomic mass is 19.1. The molecular formula is C29H38FN5O7. The Labute approximate surface area is 243 Å². The number of fused-ring (bicyclic) bond motifs is 1. The fraction of sp³-hybridized carbons (Fsp3) is 0.586. The van der Waals surface area contributed by atoms with Gasteiger partial charge in [-0.25, -0.2) is 9.18 Å². The largest absolute Gasteiger partial charge is 0.465 e. The number of carbonyl (C=O) groups excluding carboxylic acids is 5. The predicted molar refractivity (Wildman–Crippen MR) is 147 cm³/mol. The first-order valence-corrected chi connectivity index (χ1v) is 14.4. The van der Waals surface area contributed by atoms with E-state index in [0.717, 1.165) is 12.8 Å². The number of halogens is 1. The zero-order valence-electron chi connectivity index (χ0n) is 23.7. The van der Waals surface area contributed by atoms with Gasteiger partial charge in [0.05, 0.1) is 6.04 Å². The van der Waals surface area contributed by atoms with Crippen molar-refractivity contribution in [2.24, 2.45) is 17.8 Å². The molecule has 2 aliphatic heterocycles. The van der Waals surface area contributed by atoms with E-state index in [1.165, 1.54) is 29.2 Å². The number of carbonyl (C=O) groups is 6. The van der Waals surface area contributed by atoms with Crippen molar-refractivity contribution in [3.8, 4) is 0 Å². The lowest BCUT2D eigenvalue weighted by Gasteiger charge is -2.31. The van der Waals surface area contributed by atoms with Crippen LogP contribution in [0.5, 0.6) is 0 Å². The van der Waals surface area contributed by atoms with Gasteiger partial charge in [0.1, 0.15) is 17.9 Å². The van der Waals surface area contributed by atoms with Gasteiger partial charge in [-0.2, -0.15) is 0 Å². The van der Waals surface area contributed by atoms with Crippen LogP contribution < -0.4 is 21.3 Å². The van der Waals surface area contributed by atoms with E-state index < -0.39 is 59.5 Å². The Morgan fingerprint density at radius 1 is 1.02 bits per heavy atom. The molecule has 2 saturated heterocycles. The third kappa shape index (κ3) is 7.24. The lowest BCUT2D eigenvalue weighted by atomic mass is 9.91. The second-order valence-corrected chi connectivity index (χ2v) is 11.7. The van der Waals surface area contributed by atoms with Gasteiger partial charge in [-0.15, -0.1) is 0 Å². The van der Waals surface area contributed by atoms with Gasteiger partial charge in [0, 0.05) is 31.5 Å². The molecule has 0 radical (unpaired) electrons. The van der Waals surface area contributed by atoms with Crippen molar-refractivity contribution in [2.75, 3.05) is 13.1 Å². The van der Waals surface area contributed by atoms with Gasteiger partial charge in [-0.1, -0.05) is 18.6 Å². The summed E-state index contributed by atoms with van der Waals surface area (Å²) in [5, 5.41) is 19.6. The van der Waals surface area contributed by atoms with Crippen LogP contribution in [0.1, 0.15) is 51.5 Å². The number of Topliss-reactive ketones (excluding diaryl/α,β-unsaturated/α-hetero) is 1. The van der Waals surface area contributed by atoms with Crippen molar-refractivity contribution in [1.82, 2.24) is 26.2 Å². The molecule has 1 aliphatic carbocycles. The standard InChI is InChI=1S/C29H38FN5O7/c1-15(2)32-27(39)24(36)21(13-17-10-11-31-25(17)37)33-26(38)23-20-5-3-4-18(20)14-35(23)28(40)22(34-29(41)42)12-16-6-8-19(30)9-7-16/h6-9,15,17-18,20-23,34H,3-5,10-14H2,1-2H3,(H,31,37)(H,32,39)(H,33,38)(H,41,42)/t17-,18-,20-,21-,22-,23-/m0/s1. The SMILES string of the molecule is CC(C)NC(=O)C(=O)[C@H](C[C@@H]1CCNC1=O)NC(=O)[C@@H]1[C@H]2CCC[C@H]2CN1C(=O)[C@H](Cc1ccc(F)cc1)NC(=O)O. The van der Waals surface area contributed by atoms with Crippen molar-refractivity contribution in [3.63, 3.8) is 0 Å². The van der Waals surface area contributed by atoms with E-state index in [1.54, 1.807) is 13.8 Å². The summed E-state index contributed by atoms with van der Waals surface area (Å²) in [5.41, 5.74) is 0.528. The van der Waals surface area contributed by atoms with E-state index in [0.29, 0.717) is 24.9 Å². The van der Waals surface area contributed by atoms with E-state index in [2.05, 4.69) is 21.3 Å². The average molecular weight is 588 g/mol. The molecule has 5 N–H and O–H groups in total. The number of benzene rings is 1. The number of ketones is 1. The maximum absolute atomic E-state index is 13.9. The highest BCUT2D eigenvalue weighted by molar-refractivity contribution is 6.38. The fourth-order valence-corrected chi connectivity index (χ4v) is 6.41. The monoisotopic (exact) mass is 587 g/mol. The Balaban J connectivity index is 1.58. The van der Waals surface area contributed by atoms with Gasteiger partial charge in [0.25, 0.3) is 5.91 Å². The van der Waals surface area contributed by atoms with Crippen LogP contribution in [-0.4, -0.2) is 82.8 Å². The highest BCUT2D eigenvalue weighted by Crippen LogP contribution is 2.42. The number of carboxylic acid groups (broad SMARTS) is 1. The smallest absolute Gasteiger partial charge is 0.405 e. The lowest BCUT2D eigenvalue weighted by molar-refractivity contribution is -0.144. The molecule has 228 valence electrons. The number of rotatable bonds is 11. The summed E-state index contributed by atoms with van der Waals surface area (Å²) < 4.78 is 13.4. The van der Waals surface area contributed by atoms with Crippen molar-refractivity contribution in [1.29, 1.82) is 0 Å². The van der Waals surface area contributed by atoms with E-state index in [9.17, 15) is 38.3 Å². The molecule has 1 saturated carbocycles. The van der Waals surface area contributed by atoms with E-state index in [4.69, 9.17) is 0 Å². The number of nitrogens with zero attached hydrogens (tertiary/aromatic N) is 1. The molecule has 42 heavy (non-hydrogen) atoms. The van der Waals surface area contributed by atoms with Crippen molar-refractivity contribution >= 4 is 35.5 Å². The quantitative estimate of drug-likeness (QED) is 0.237. The zero-order chi connectivity index (χ0) is 30.6. The third-order valence-corrected chi connectivity index (χ3v) is 8.35. The van der Waals surface area contributed by atoms with Crippen LogP contribution >= 0.6 is 0 Å². The third-order valence-electron chi connectivity index (χ3n) is 8.35. The van der Waals surface area contributed by atoms with Gasteiger partial charge in [0.2, 0.25) is 23.5 Å². The maximum atomic E-state index is 13.9. The second-order valence-electron chi connectivity index (χ2n) is 11.7. The van der Waals surface area contributed by atoms with Crippen molar-refractivity contribution < 1.29 is 38.3 Å². The molecule has 0 unspecified atom stereocenters. The molecule has 1 aromatic carbocycles. The molecule has 12 nitrogen and oxygen atoms in total. The van der Waals surface area contributed by atoms with Crippen LogP contribution in [0.3, 0.4) is 0 Å². The summed E-state index contributed by atoms with van der Waals surface area (Å²) in [4.78, 5) is 78.8. The van der Waals surface area contributed by atoms with Crippen molar-refractivity contribution in [2.45, 2.75) is 76.5 Å². The molecule has 3 aliphatic rings. The molecule has 0 bridgehead atoms. The molecule has 4 rings (SSSR count). The minimum absolute atomic E-state index is 0.0139. The minimum atomic E-state index is -1.42. The van der Waals surface area contributed by atoms with E-state index in [1.807, 2.05) is 0 Å². The lowest BCUT2D eigenvalue weighted by Crippen LogP contribution is -2.58. The van der Waals surface area contributed by atoms with E-state index >= 15 is 0 Å². The van der Waals surface area contributed by atoms with Gasteiger partial charge in [-0.3, -0.25) is 24.0 Å². The van der Waals surface area contributed by atoms with Gasteiger partial charge < -0.3 is 31.3 Å². The summed E-state index contributed by atoms with van der Waals surface area (Å²) in [6.45, 7) is 4.05. The fourth-order valence-electron chi connectivity index (χ4n) is 6.41. The maximum Gasteiger partial charge on any atom is 0.405 e. The zero-order valence-corrected chi connectivity index (χ0v) is 23.7. The number of likely N-dealkylation sites (tertiary alicyclic amines) is 1. The van der Waals surface area contributed by atoms with Crippen LogP contribution in [0.2, 0.25) is 0 Å². The Morgan fingerprint density at radius 3 is 2.36 bits per heavy atom. The van der Waals surface area contributed by atoms with Gasteiger partial charge in [-0.05, 0) is 69.1 Å². The molecular weight excluding hydrogens is 549 g/mol. The second kappa shape index (κ2) is 13.3. The van der Waals surface area contributed by atoms with Gasteiger partial charge in [0.15, 0.2) is 0 Å². The van der Waals surface area contributed by atoms with Crippen LogP contribution in [0, 0.1) is 23.6 Å². The molecule has 1 aromatic rings. The molecule has 0 spiro atoms. The molecule has 2 heterocycles. The first-order chi connectivity index (χ1) is 19.9. The van der Waals surface area contributed by atoms with Crippen LogP contribution in [-0.2, 0) is 30.4 Å². The first kappa shape index (κ1) is 30.9. The van der Waals surface area contributed by atoms with Crippen LogP contribution in [0.4, 0.5) is 9.18 Å². The Morgan fingerprint density at radius 2 is 1.74 bits per heavy atom. The normalized spacial score (nSPS) is 24.5. The number of hydrogen-bond donors (Lipinski definition) is 5. The predicted octanol–water partition coefficient (Wildman–Crippen LogP) is 0.736. The van der Waals surface area contributed by atoms with Crippen LogP contribution in [0.25, 0.3) is 0 Å². The number of nitrogens with one attached hydrogen (secondary N) is 4. The van der Waals surface area contributed by atoms with E-state index in [-0.39, 0.29) is 43.2 Å². The molecule has 6 atom stereocenters. The molecule has 3 fully saturated rings. The summed E-state index contributed by atoms with van der Waals surface area (Å²) in [5.74, 6) is -4.48. The number of amides is 5. The van der Waals surface area contributed by atoms with Crippen LogP contribution in [0.15, 0.2) is 24.3 Å². The first-order valence-electron chi connectivity index (χ1n) is 14.4. The van der Waals surface area contributed by atoms with Gasteiger partial charge >= 0.3 is 6.09 Å². The topological polar surface area (TPSA) is 174 Å². The summed E-state index contributed by atoms with van der Waals surface area (Å²) in [6, 6.07) is 1.51. The summed E-state index contributed by atoms with van der Waals surface area (Å²) in [7, 11) is 0. The molecule has 5 amide bonds. The average Bonchev–Trinajstić information content (AvgIpc) is 3.64. The summed E-state index contributed by atoms with van der Waals surface area (Å²) in [6.07, 6.45) is 1.22. The number of hydrogen-bond acceptors (Lipinski definition) is 6. The molecule has 0 aromatic heterocycles. The van der Waals surface area contributed by atoms with Crippen molar-refractivity contribution in [3.05, 3.63) is 35.6 Å². The Kier molecular flexibility index (Phi) is 9.79. The Bertz CT molecular complexity index is 1220.